The quantitative estimate of drug-likeness (QED) is 0.686. The molecule has 0 aliphatic heterocycles. The zero-order valence-corrected chi connectivity index (χ0v) is 13.5. The molecule has 0 heterocycles. The van der Waals surface area contributed by atoms with E-state index in [1.54, 1.807) is 24.3 Å². The number of aromatic carboxylic acids is 1. The maximum absolute atomic E-state index is 11.2. The number of hydrogen-bond acceptors (Lipinski definition) is 6. The Kier molecular flexibility index (Phi) is 5.93. The van der Waals surface area contributed by atoms with Gasteiger partial charge in [-0.05, 0) is 23.8 Å². The minimum absolute atomic E-state index is 0.00511. The molecule has 0 radical (unpaired) electrons. The molecule has 3 N–H and O–H groups in total. The van der Waals surface area contributed by atoms with E-state index in [2.05, 4.69) is 10.6 Å². The van der Waals surface area contributed by atoms with Crippen LogP contribution in [0, 0.1) is 34.0 Å². The van der Waals surface area contributed by atoms with Gasteiger partial charge in [-0.2, -0.15) is 15.8 Å². The Morgan fingerprint density at radius 1 is 0.962 bits per heavy atom. The first-order valence-corrected chi connectivity index (χ1v) is 7.45. The van der Waals surface area contributed by atoms with Gasteiger partial charge in [-0.15, -0.1) is 0 Å². The van der Waals surface area contributed by atoms with Crippen LogP contribution >= 0.6 is 0 Å². The van der Waals surface area contributed by atoms with E-state index < -0.39 is 5.97 Å². The highest BCUT2D eigenvalue weighted by Crippen LogP contribution is 2.26. The lowest BCUT2D eigenvalue weighted by molar-refractivity contribution is 0.0697. The second kappa shape index (κ2) is 8.54. The summed E-state index contributed by atoms with van der Waals surface area (Å²) in [5.41, 5.74) is 1.18. The number of nitriles is 3. The number of hydrogen-bond donors (Lipinski definition) is 3. The van der Waals surface area contributed by atoms with Gasteiger partial charge in [0.15, 0.2) is 5.57 Å². The van der Waals surface area contributed by atoms with Crippen LogP contribution in [0.3, 0.4) is 0 Å². The lowest BCUT2D eigenvalue weighted by atomic mass is 10.1. The predicted molar refractivity (Wildman–Crippen MR) is 94.7 cm³/mol. The smallest absolute Gasteiger partial charge is 0.335 e. The van der Waals surface area contributed by atoms with Crippen molar-refractivity contribution in [3.8, 4) is 18.2 Å². The zero-order valence-electron chi connectivity index (χ0n) is 13.5. The third-order valence-corrected chi connectivity index (χ3v) is 3.44. The van der Waals surface area contributed by atoms with Crippen molar-refractivity contribution < 1.29 is 9.90 Å². The summed E-state index contributed by atoms with van der Waals surface area (Å²) in [6, 6.07) is 18.9. The van der Waals surface area contributed by atoms with Crippen LogP contribution in [0.25, 0.3) is 0 Å². The maximum Gasteiger partial charge on any atom is 0.335 e. The molecule has 0 saturated carbocycles. The molecule has 2 aromatic rings. The SMILES string of the molecule is N#CC(C#N)=C(C#N)Nc1cc(C(=O)O)ccc1NCc1ccccc1. The summed E-state index contributed by atoms with van der Waals surface area (Å²) >= 11 is 0. The number of carbonyl (C=O) groups is 1. The first-order valence-electron chi connectivity index (χ1n) is 7.45. The average Bonchev–Trinajstić information content (AvgIpc) is 2.67. The van der Waals surface area contributed by atoms with Gasteiger partial charge < -0.3 is 15.7 Å². The fourth-order valence-electron chi connectivity index (χ4n) is 2.15. The van der Waals surface area contributed by atoms with Crippen molar-refractivity contribution in [2.24, 2.45) is 0 Å². The van der Waals surface area contributed by atoms with E-state index in [9.17, 15) is 15.2 Å². The Morgan fingerprint density at radius 2 is 1.65 bits per heavy atom. The summed E-state index contributed by atoms with van der Waals surface area (Å²) in [4.78, 5) is 11.2. The van der Waals surface area contributed by atoms with Crippen molar-refractivity contribution in [2.45, 2.75) is 6.54 Å². The molecule has 0 saturated heterocycles. The highest BCUT2D eigenvalue weighted by atomic mass is 16.4. The number of nitrogens with one attached hydrogen (secondary N) is 2. The first-order chi connectivity index (χ1) is 12.6. The Hall–Kier alpha value is -4.28. The van der Waals surface area contributed by atoms with E-state index in [1.165, 1.54) is 12.1 Å². The average molecular weight is 343 g/mol. The molecule has 0 aliphatic carbocycles. The molecule has 0 aliphatic rings. The summed E-state index contributed by atoms with van der Waals surface area (Å²) in [6.45, 7) is 0.469. The Labute approximate surface area is 150 Å². The minimum Gasteiger partial charge on any atom is -0.478 e. The zero-order chi connectivity index (χ0) is 18.9. The van der Waals surface area contributed by atoms with Crippen molar-refractivity contribution in [3.63, 3.8) is 0 Å². The van der Waals surface area contributed by atoms with Crippen molar-refractivity contribution in [2.75, 3.05) is 10.6 Å². The van der Waals surface area contributed by atoms with Crippen LogP contribution in [0.1, 0.15) is 15.9 Å². The van der Waals surface area contributed by atoms with Gasteiger partial charge in [-0.3, -0.25) is 0 Å². The Bertz CT molecular complexity index is 960. The molecule has 7 heteroatoms. The highest BCUT2D eigenvalue weighted by molar-refractivity contribution is 5.91. The maximum atomic E-state index is 11.2. The molecular formula is C19H13N5O2. The molecule has 26 heavy (non-hydrogen) atoms. The number of rotatable bonds is 6. The number of benzene rings is 2. The van der Waals surface area contributed by atoms with Crippen LogP contribution < -0.4 is 10.6 Å². The fourth-order valence-corrected chi connectivity index (χ4v) is 2.15. The standard InChI is InChI=1S/C19H13N5O2/c20-9-15(10-21)18(11-22)24-17-8-14(19(25)26)6-7-16(17)23-12-13-4-2-1-3-5-13/h1-8,23-24H,12H2,(H,25,26). The molecule has 0 bridgehead atoms. The third kappa shape index (κ3) is 4.38. The number of allylic oxidation sites excluding steroid dienone is 2. The Balaban J connectivity index is 2.38. The number of carboxylic acid groups (broad SMARTS) is 1. The van der Waals surface area contributed by atoms with Gasteiger partial charge in [0.2, 0.25) is 0 Å². The first kappa shape index (κ1) is 18.1. The van der Waals surface area contributed by atoms with Gasteiger partial charge in [0.25, 0.3) is 0 Å². The number of carboxylic acids is 1. The van der Waals surface area contributed by atoms with Crippen molar-refractivity contribution in [1.82, 2.24) is 0 Å². The molecule has 0 atom stereocenters. The molecular weight excluding hydrogens is 330 g/mol. The van der Waals surface area contributed by atoms with E-state index >= 15 is 0 Å². The van der Waals surface area contributed by atoms with Crippen LogP contribution in [-0.2, 0) is 6.54 Å². The van der Waals surface area contributed by atoms with Gasteiger partial charge in [0, 0.05) is 6.54 Å². The van der Waals surface area contributed by atoms with E-state index in [0.29, 0.717) is 12.2 Å². The van der Waals surface area contributed by atoms with Gasteiger partial charge in [-0.1, -0.05) is 30.3 Å². The lowest BCUT2D eigenvalue weighted by Gasteiger charge is -2.14. The molecule has 0 fully saturated rings. The van der Waals surface area contributed by atoms with Gasteiger partial charge >= 0.3 is 5.97 Å². The van der Waals surface area contributed by atoms with Crippen LogP contribution in [0.5, 0.6) is 0 Å². The van der Waals surface area contributed by atoms with E-state index in [1.807, 2.05) is 30.3 Å². The molecule has 0 aromatic heterocycles. The second-order valence-electron chi connectivity index (χ2n) is 5.12. The summed E-state index contributed by atoms with van der Waals surface area (Å²) in [5.74, 6) is -1.13. The number of nitrogens with zero attached hydrogens (tertiary/aromatic N) is 3. The third-order valence-electron chi connectivity index (χ3n) is 3.44. The Morgan fingerprint density at radius 3 is 2.23 bits per heavy atom. The lowest BCUT2D eigenvalue weighted by Crippen LogP contribution is -2.08. The van der Waals surface area contributed by atoms with Crippen molar-refractivity contribution in [1.29, 1.82) is 15.8 Å². The van der Waals surface area contributed by atoms with E-state index in [-0.39, 0.29) is 22.5 Å². The summed E-state index contributed by atoms with van der Waals surface area (Å²) in [6.07, 6.45) is 0. The molecule has 2 aromatic carbocycles. The molecule has 126 valence electrons. The van der Waals surface area contributed by atoms with E-state index in [0.717, 1.165) is 5.56 Å². The van der Waals surface area contributed by atoms with Gasteiger partial charge in [-0.25, -0.2) is 4.79 Å². The monoisotopic (exact) mass is 343 g/mol. The molecule has 7 nitrogen and oxygen atoms in total. The molecule has 0 amide bonds. The van der Waals surface area contributed by atoms with Gasteiger partial charge in [0.05, 0.1) is 16.9 Å². The topological polar surface area (TPSA) is 133 Å². The fraction of sp³-hybridized carbons (Fsp3) is 0.0526. The molecule has 0 unspecified atom stereocenters. The molecule has 2 rings (SSSR count). The summed E-state index contributed by atoms with van der Waals surface area (Å²) < 4.78 is 0. The highest BCUT2D eigenvalue weighted by Gasteiger charge is 2.12. The predicted octanol–water partition coefficient (Wildman–Crippen LogP) is 3.23. The minimum atomic E-state index is -1.13. The summed E-state index contributed by atoms with van der Waals surface area (Å²) in [5, 5.41) is 42.1. The number of anilines is 2. The largest absolute Gasteiger partial charge is 0.478 e. The normalized spacial score (nSPS) is 9.12. The summed E-state index contributed by atoms with van der Waals surface area (Å²) in [7, 11) is 0. The van der Waals surface area contributed by atoms with E-state index in [4.69, 9.17) is 10.5 Å². The van der Waals surface area contributed by atoms with Gasteiger partial charge in [0.1, 0.15) is 23.9 Å². The van der Waals surface area contributed by atoms with Crippen LogP contribution in [0.15, 0.2) is 59.8 Å². The van der Waals surface area contributed by atoms with Crippen LogP contribution in [-0.4, -0.2) is 11.1 Å². The second-order valence-corrected chi connectivity index (χ2v) is 5.12. The van der Waals surface area contributed by atoms with Crippen LogP contribution in [0.2, 0.25) is 0 Å². The van der Waals surface area contributed by atoms with Crippen LogP contribution in [0.4, 0.5) is 11.4 Å². The van der Waals surface area contributed by atoms with Crippen molar-refractivity contribution >= 4 is 17.3 Å². The van der Waals surface area contributed by atoms with Crippen molar-refractivity contribution in [3.05, 3.63) is 70.9 Å². The molecule has 0 spiro atoms.